The number of benzene rings is 1. The van der Waals surface area contributed by atoms with Crippen LogP contribution in [0.4, 0.5) is 15.3 Å². The highest BCUT2D eigenvalue weighted by atomic mass is 35.5. The van der Waals surface area contributed by atoms with Crippen molar-refractivity contribution in [3.05, 3.63) is 52.4 Å². The molecule has 1 aliphatic rings. The number of anilines is 2. The number of nitrogens with one attached hydrogen (secondary N) is 1. The first-order valence-corrected chi connectivity index (χ1v) is 9.54. The molecular formula is C17H14Cl2FN5S. The maximum atomic E-state index is 13.9. The van der Waals surface area contributed by atoms with Gasteiger partial charge in [0.15, 0.2) is 17.5 Å². The molecule has 1 fully saturated rings. The molecule has 0 saturated carbocycles. The molecule has 3 heterocycles. The lowest BCUT2D eigenvalue weighted by atomic mass is 10.2. The van der Waals surface area contributed by atoms with E-state index < -0.39 is 0 Å². The zero-order chi connectivity index (χ0) is 18.1. The van der Waals surface area contributed by atoms with Crippen molar-refractivity contribution in [1.29, 1.82) is 0 Å². The second-order valence-electron chi connectivity index (χ2n) is 5.94. The van der Waals surface area contributed by atoms with E-state index in [4.69, 9.17) is 23.2 Å². The Labute approximate surface area is 164 Å². The Morgan fingerprint density at radius 1 is 1.23 bits per heavy atom. The molecule has 0 bridgehead atoms. The van der Waals surface area contributed by atoms with Crippen LogP contribution in [0.25, 0.3) is 11.4 Å². The maximum Gasteiger partial charge on any atom is 0.203 e. The molecule has 1 atom stereocenters. The number of pyridine rings is 1. The van der Waals surface area contributed by atoms with Crippen LogP contribution >= 0.6 is 34.7 Å². The zero-order valence-corrected chi connectivity index (χ0v) is 15.8. The van der Waals surface area contributed by atoms with Crippen molar-refractivity contribution in [3.63, 3.8) is 0 Å². The summed E-state index contributed by atoms with van der Waals surface area (Å²) < 4.78 is 18.3. The van der Waals surface area contributed by atoms with Crippen molar-refractivity contribution in [3.8, 4) is 11.4 Å². The number of rotatable bonds is 4. The molecule has 3 aromatic rings. The van der Waals surface area contributed by atoms with Crippen LogP contribution in [-0.4, -0.2) is 33.5 Å². The molecule has 0 amide bonds. The molecule has 9 heteroatoms. The van der Waals surface area contributed by atoms with E-state index in [1.54, 1.807) is 24.4 Å². The van der Waals surface area contributed by atoms with E-state index in [0.29, 0.717) is 28.2 Å². The Balaban J connectivity index is 1.43. The van der Waals surface area contributed by atoms with Gasteiger partial charge in [-0.15, -0.1) is 0 Å². The minimum Gasteiger partial charge on any atom is -0.356 e. The third-order valence-corrected chi connectivity index (χ3v) is 5.54. The van der Waals surface area contributed by atoms with Crippen LogP contribution < -0.4 is 10.2 Å². The number of nitrogens with zero attached hydrogens (tertiary/aromatic N) is 4. The standard InChI is InChI=1S/C17H14Cl2FN5S/c18-12-4-3-10(8-13(12)19)15-23-17(26-24-15)22-11-5-7-25(9-11)16-14(20)2-1-6-21-16/h1-4,6,8,11H,5,7,9H2,(H,22,23,24). The molecule has 1 aromatic carbocycles. The third-order valence-electron chi connectivity index (χ3n) is 4.16. The SMILES string of the molecule is Fc1cccnc1N1CCC(Nc2nc(-c3ccc(Cl)c(Cl)c3)ns2)C1. The summed E-state index contributed by atoms with van der Waals surface area (Å²) in [6.45, 7) is 1.40. The average Bonchev–Trinajstić information content (AvgIpc) is 3.28. The first-order chi connectivity index (χ1) is 12.6. The maximum absolute atomic E-state index is 13.9. The highest BCUT2D eigenvalue weighted by molar-refractivity contribution is 7.09. The number of hydrogen-bond acceptors (Lipinski definition) is 6. The first kappa shape index (κ1) is 17.5. The summed E-state index contributed by atoms with van der Waals surface area (Å²) in [5.41, 5.74) is 0.812. The summed E-state index contributed by atoms with van der Waals surface area (Å²) in [5, 5.41) is 5.06. The van der Waals surface area contributed by atoms with E-state index >= 15 is 0 Å². The van der Waals surface area contributed by atoms with Gasteiger partial charge in [0.2, 0.25) is 5.13 Å². The number of aromatic nitrogens is 3. The highest BCUT2D eigenvalue weighted by Crippen LogP contribution is 2.29. The van der Waals surface area contributed by atoms with Crippen LogP contribution in [0.5, 0.6) is 0 Å². The van der Waals surface area contributed by atoms with E-state index in [-0.39, 0.29) is 11.9 Å². The molecule has 1 N–H and O–H groups in total. The van der Waals surface area contributed by atoms with Crippen molar-refractivity contribution < 1.29 is 4.39 Å². The van der Waals surface area contributed by atoms with Crippen molar-refractivity contribution in [1.82, 2.24) is 14.3 Å². The van der Waals surface area contributed by atoms with E-state index in [9.17, 15) is 4.39 Å². The quantitative estimate of drug-likeness (QED) is 0.674. The molecule has 0 radical (unpaired) electrons. The van der Waals surface area contributed by atoms with Gasteiger partial charge in [-0.3, -0.25) is 0 Å². The first-order valence-electron chi connectivity index (χ1n) is 8.01. The lowest BCUT2D eigenvalue weighted by Crippen LogP contribution is -2.27. The zero-order valence-electron chi connectivity index (χ0n) is 13.5. The second-order valence-corrected chi connectivity index (χ2v) is 7.50. The topological polar surface area (TPSA) is 53.9 Å². The van der Waals surface area contributed by atoms with Crippen LogP contribution in [0, 0.1) is 5.82 Å². The predicted molar refractivity (Wildman–Crippen MR) is 104 cm³/mol. The van der Waals surface area contributed by atoms with Gasteiger partial charge in [-0.25, -0.2) is 9.37 Å². The molecule has 2 aromatic heterocycles. The van der Waals surface area contributed by atoms with Gasteiger partial charge in [-0.05, 0) is 36.8 Å². The van der Waals surface area contributed by atoms with Crippen LogP contribution in [0.15, 0.2) is 36.5 Å². The van der Waals surface area contributed by atoms with Gasteiger partial charge < -0.3 is 10.2 Å². The van der Waals surface area contributed by atoms with Crippen molar-refractivity contribution in [2.45, 2.75) is 12.5 Å². The average molecular weight is 410 g/mol. The molecule has 0 spiro atoms. The highest BCUT2D eigenvalue weighted by Gasteiger charge is 2.26. The summed E-state index contributed by atoms with van der Waals surface area (Å²) in [5.74, 6) is 0.693. The lowest BCUT2D eigenvalue weighted by molar-refractivity contribution is 0.615. The lowest BCUT2D eigenvalue weighted by Gasteiger charge is -2.17. The Kier molecular flexibility index (Phi) is 4.93. The second kappa shape index (κ2) is 7.34. The number of hydrogen-bond donors (Lipinski definition) is 1. The van der Waals surface area contributed by atoms with E-state index in [0.717, 1.165) is 23.7 Å². The van der Waals surface area contributed by atoms with E-state index in [1.165, 1.54) is 17.6 Å². The van der Waals surface area contributed by atoms with Gasteiger partial charge in [0.05, 0.1) is 10.0 Å². The van der Waals surface area contributed by atoms with Crippen molar-refractivity contribution >= 4 is 45.7 Å². The third kappa shape index (κ3) is 3.60. The van der Waals surface area contributed by atoms with Gasteiger partial charge in [-0.2, -0.15) is 9.36 Å². The van der Waals surface area contributed by atoms with Gasteiger partial charge in [0.1, 0.15) is 0 Å². The van der Waals surface area contributed by atoms with Crippen LogP contribution in [-0.2, 0) is 0 Å². The normalized spacial score (nSPS) is 16.9. The monoisotopic (exact) mass is 409 g/mol. The Bertz CT molecular complexity index is 935. The summed E-state index contributed by atoms with van der Waals surface area (Å²) in [7, 11) is 0. The molecule has 134 valence electrons. The minimum atomic E-state index is -0.300. The minimum absolute atomic E-state index is 0.158. The van der Waals surface area contributed by atoms with E-state index in [1.807, 2.05) is 11.0 Å². The summed E-state index contributed by atoms with van der Waals surface area (Å²) in [6, 6.07) is 8.49. The van der Waals surface area contributed by atoms with Crippen LogP contribution in [0.1, 0.15) is 6.42 Å². The Morgan fingerprint density at radius 2 is 2.12 bits per heavy atom. The predicted octanol–water partition coefficient (Wildman–Crippen LogP) is 4.74. The van der Waals surface area contributed by atoms with Gasteiger partial charge in [0, 0.05) is 42.4 Å². The van der Waals surface area contributed by atoms with Crippen LogP contribution in [0.3, 0.4) is 0 Å². The van der Waals surface area contributed by atoms with Crippen molar-refractivity contribution in [2.75, 3.05) is 23.3 Å². The molecular weight excluding hydrogens is 396 g/mol. The molecule has 1 aliphatic heterocycles. The molecule has 1 saturated heterocycles. The van der Waals surface area contributed by atoms with E-state index in [2.05, 4.69) is 19.7 Å². The number of halogens is 3. The van der Waals surface area contributed by atoms with Gasteiger partial charge in [-0.1, -0.05) is 23.2 Å². The molecule has 0 aliphatic carbocycles. The molecule has 4 rings (SSSR count). The smallest absolute Gasteiger partial charge is 0.203 e. The van der Waals surface area contributed by atoms with Gasteiger partial charge in [0.25, 0.3) is 0 Å². The fraction of sp³-hybridized carbons (Fsp3) is 0.235. The Morgan fingerprint density at radius 3 is 2.92 bits per heavy atom. The summed E-state index contributed by atoms with van der Waals surface area (Å²) in [6.07, 6.45) is 2.48. The summed E-state index contributed by atoms with van der Waals surface area (Å²) in [4.78, 5) is 10.6. The largest absolute Gasteiger partial charge is 0.356 e. The fourth-order valence-corrected chi connectivity index (χ4v) is 3.85. The Hall–Kier alpha value is -1.96. The van der Waals surface area contributed by atoms with Crippen molar-refractivity contribution in [2.24, 2.45) is 0 Å². The molecule has 26 heavy (non-hydrogen) atoms. The van der Waals surface area contributed by atoms with Crippen LogP contribution in [0.2, 0.25) is 10.0 Å². The molecule has 1 unspecified atom stereocenters. The molecule has 5 nitrogen and oxygen atoms in total. The summed E-state index contributed by atoms with van der Waals surface area (Å²) >= 11 is 13.3. The van der Waals surface area contributed by atoms with Gasteiger partial charge >= 0.3 is 0 Å². The fourth-order valence-electron chi connectivity index (χ4n) is 2.89.